The van der Waals surface area contributed by atoms with E-state index in [2.05, 4.69) is 38.1 Å². The standard InChI is InChI=1S/C15H24N2S/c1-15(2,3)13-9-18-14(16-13)10-7-11-5-6-12(8-10)17(11)4/h9-12H,5-8H2,1-4H3. The van der Waals surface area contributed by atoms with Crippen LogP contribution in [0.5, 0.6) is 0 Å². The summed E-state index contributed by atoms with van der Waals surface area (Å²) in [4.78, 5) is 7.53. The van der Waals surface area contributed by atoms with E-state index < -0.39 is 0 Å². The first-order chi connectivity index (χ1) is 8.45. The predicted molar refractivity (Wildman–Crippen MR) is 77.4 cm³/mol. The molecule has 2 nitrogen and oxygen atoms in total. The van der Waals surface area contributed by atoms with Crippen molar-refractivity contribution < 1.29 is 0 Å². The molecule has 3 heteroatoms. The minimum atomic E-state index is 0.194. The second-order valence-corrected chi connectivity index (χ2v) is 7.93. The molecule has 0 aromatic carbocycles. The van der Waals surface area contributed by atoms with Crippen molar-refractivity contribution in [3.05, 3.63) is 16.1 Å². The minimum Gasteiger partial charge on any atom is -0.300 e. The fourth-order valence-corrected chi connectivity index (χ4v) is 4.61. The molecule has 0 radical (unpaired) electrons. The van der Waals surface area contributed by atoms with Crippen molar-refractivity contribution in [2.45, 2.75) is 69.9 Å². The molecule has 18 heavy (non-hydrogen) atoms. The van der Waals surface area contributed by atoms with E-state index in [-0.39, 0.29) is 5.41 Å². The molecule has 0 aliphatic carbocycles. The summed E-state index contributed by atoms with van der Waals surface area (Å²) in [6.07, 6.45) is 5.44. The molecule has 0 N–H and O–H groups in total. The highest BCUT2D eigenvalue weighted by molar-refractivity contribution is 7.09. The highest BCUT2D eigenvalue weighted by atomic mass is 32.1. The fourth-order valence-electron chi connectivity index (χ4n) is 3.43. The van der Waals surface area contributed by atoms with Gasteiger partial charge in [0, 0.05) is 28.8 Å². The molecule has 1 aromatic rings. The highest BCUT2D eigenvalue weighted by Crippen LogP contribution is 2.43. The summed E-state index contributed by atoms with van der Waals surface area (Å²) in [7, 11) is 2.31. The van der Waals surface area contributed by atoms with Gasteiger partial charge in [0.15, 0.2) is 0 Å². The van der Waals surface area contributed by atoms with Gasteiger partial charge in [-0.25, -0.2) is 4.98 Å². The second kappa shape index (κ2) is 4.31. The molecule has 3 rings (SSSR count). The SMILES string of the molecule is CN1C2CCC1CC(c1nc(C(C)(C)C)cs1)C2. The van der Waals surface area contributed by atoms with E-state index in [9.17, 15) is 0 Å². The van der Waals surface area contributed by atoms with Crippen LogP contribution in [0.2, 0.25) is 0 Å². The first-order valence-corrected chi connectivity index (χ1v) is 8.01. The van der Waals surface area contributed by atoms with Gasteiger partial charge in [0.25, 0.3) is 0 Å². The van der Waals surface area contributed by atoms with Crippen molar-refractivity contribution in [1.82, 2.24) is 9.88 Å². The van der Waals surface area contributed by atoms with Crippen LogP contribution >= 0.6 is 11.3 Å². The molecule has 100 valence electrons. The maximum absolute atomic E-state index is 4.93. The normalized spacial score (nSPS) is 33.0. The van der Waals surface area contributed by atoms with Gasteiger partial charge in [-0.3, -0.25) is 0 Å². The van der Waals surface area contributed by atoms with Crippen molar-refractivity contribution in [3.8, 4) is 0 Å². The lowest BCUT2D eigenvalue weighted by atomic mass is 9.91. The number of fused-ring (bicyclic) bond motifs is 2. The van der Waals surface area contributed by atoms with Gasteiger partial charge in [0.2, 0.25) is 0 Å². The zero-order chi connectivity index (χ0) is 12.9. The third-order valence-electron chi connectivity index (χ3n) is 4.74. The van der Waals surface area contributed by atoms with Crippen molar-refractivity contribution in [1.29, 1.82) is 0 Å². The molecule has 2 aliphatic rings. The zero-order valence-electron chi connectivity index (χ0n) is 11.9. The van der Waals surface area contributed by atoms with Gasteiger partial charge in [-0.2, -0.15) is 0 Å². The quantitative estimate of drug-likeness (QED) is 0.767. The lowest BCUT2D eigenvalue weighted by Gasteiger charge is -2.35. The average molecular weight is 264 g/mol. The molecule has 1 aromatic heterocycles. The molecule has 0 amide bonds. The van der Waals surface area contributed by atoms with Gasteiger partial charge >= 0.3 is 0 Å². The van der Waals surface area contributed by atoms with E-state index in [4.69, 9.17) is 4.98 Å². The highest BCUT2D eigenvalue weighted by Gasteiger charge is 2.39. The molecule has 0 spiro atoms. The number of hydrogen-bond donors (Lipinski definition) is 0. The van der Waals surface area contributed by atoms with Crippen molar-refractivity contribution >= 4 is 11.3 Å². The number of rotatable bonds is 1. The van der Waals surface area contributed by atoms with E-state index >= 15 is 0 Å². The first-order valence-electron chi connectivity index (χ1n) is 7.13. The van der Waals surface area contributed by atoms with Gasteiger partial charge in [0.05, 0.1) is 10.7 Å². The lowest BCUT2D eigenvalue weighted by Crippen LogP contribution is -2.39. The third kappa shape index (κ3) is 2.12. The Morgan fingerprint density at radius 3 is 2.33 bits per heavy atom. The summed E-state index contributed by atoms with van der Waals surface area (Å²) >= 11 is 1.89. The summed E-state index contributed by atoms with van der Waals surface area (Å²) in [6, 6.07) is 1.63. The second-order valence-electron chi connectivity index (χ2n) is 7.04. The van der Waals surface area contributed by atoms with Crippen LogP contribution in [0, 0.1) is 0 Å². The number of aromatic nitrogens is 1. The van der Waals surface area contributed by atoms with E-state index in [1.807, 2.05) is 11.3 Å². The van der Waals surface area contributed by atoms with E-state index in [0.717, 1.165) is 18.0 Å². The monoisotopic (exact) mass is 264 g/mol. The maximum atomic E-state index is 4.93. The summed E-state index contributed by atoms with van der Waals surface area (Å²) in [5, 5.41) is 3.67. The smallest absolute Gasteiger partial charge is 0.0960 e. The van der Waals surface area contributed by atoms with Crippen molar-refractivity contribution in [2.75, 3.05) is 7.05 Å². The summed E-state index contributed by atoms with van der Waals surface area (Å²) in [6.45, 7) is 6.76. The topological polar surface area (TPSA) is 16.1 Å². The number of thiazole rings is 1. The minimum absolute atomic E-state index is 0.194. The zero-order valence-corrected chi connectivity index (χ0v) is 12.8. The van der Waals surface area contributed by atoms with Gasteiger partial charge in [0.1, 0.15) is 0 Å². The molecule has 2 saturated heterocycles. The van der Waals surface area contributed by atoms with E-state index in [1.165, 1.54) is 36.4 Å². The predicted octanol–water partition coefficient (Wildman–Crippen LogP) is 3.78. The van der Waals surface area contributed by atoms with Gasteiger partial charge in [-0.1, -0.05) is 20.8 Å². The summed E-state index contributed by atoms with van der Waals surface area (Å²) in [5.41, 5.74) is 1.47. The van der Waals surface area contributed by atoms with E-state index in [1.54, 1.807) is 0 Å². The maximum Gasteiger partial charge on any atom is 0.0960 e. The Hall–Kier alpha value is -0.410. The average Bonchev–Trinajstić information content (AvgIpc) is 2.82. The number of piperidine rings is 1. The number of nitrogens with zero attached hydrogens (tertiary/aromatic N) is 2. The fraction of sp³-hybridized carbons (Fsp3) is 0.800. The lowest BCUT2D eigenvalue weighted by molar-refractivity contribution is 0.161. The van der Waals surface area contributed by atoms with Gasteiger partial charge in [-0.05, 0) is 32.7 Å². The Bertz CT molecular complexity index is 418. The van der Waals surface area contributed by atoms with Crippen LogP contribution in [0.4, 0.5) is 0 Å². The van der Waals surface area contributed by atoms with Gasteiger partial charge < -0.3 is 4.90 Å². The Kier molecular flexibility index (Phi) is 3.02. The summed E-state index contributed by atoms with van der Waals surface area (Å²) in [5.74, 6) is 0.722. The van der Waals surface area contributed by atoms with Crippen LogP contribution in [0.1, 0.15) is 63.1 Å². The van der Waals surface area contributed by atoms with Crippen molar-refractivity contribution in [3.63, 3.8) is 0 Å². The third-order valence-corrected chi connectivity index (χ3v) is 5.75. The van der Waals surface area contributed by atoms with E-state index in [0.29, 0.717) is 0 Å². The van der Waals surface area contributed by atoms with Crippen LogP contribution < -0.4 is 0 Å². The molecule has 2 bridgehead atoms. The van der Waals surface area contributed by atoms with Gasteiger partial charge in [-0.15, -0.1) is 11.3 Å². The Balaban J connectivity index is 1.78. The van der Waals surface area contributed by atoms with Crippen LogP contribution in [0.3, 0.4) is 0 Å². The molecule has 2 aliphatic heterocycles. The summed E-state index contributed by atoms with van der Waals surface area (Å²) < 4.78 is 0. The molecular formula is C15H24N2S. The van der Waals surface area contributed by atoms with Crippen LogP contribution in [0.15, 0.2) is 5.38 Å². The Labute approximate surface area is 114 Å². The van der Waals surface area contributed by atoms with Crippen molar-refractivity contribution in [2.24, 2.45) is 0 Å². The molecule has 2 atom stereocenters. The molecule has 0 saturated carbocycles. The van der Waals surface area contributed by atoms with Crippen LogP contribution in [-0.2, 0) is 5.41 Å². The Morgan fingerprint density at radius 2 is 1.83 bits per heavy atom. The molecule has 3 heterocycles. The van der Waals surface area contributed by atoms with Crippen LogP contribution in [0.25, 0.3) is 0 Å². The Morgan fingerprint density at radius 1 is 1.22 bits per heavy atom. The largest absolute Gasteiger partial charge is 0.300 e. The molecule has 2 unspecified atom stereocenters. The number of hydrogen-bond acceptors (Lipinski definition) is 3. The first kappa shape index (κ1) is 12.6. The molecular weight excluding hydrogens is 240 g/mol. The molecule has 2 fully saturated rings. The van der Waals surface area contributed by atoms with Crippen LogP contribution in [-0.4, -0.2) is 29.0 Å².